The van der Waals surface area contributed by atoms with Gasteiger partial charge in [0.2, 0.25) is 0 Å². The van der Waals surface area contributed by atoms with Gasteiger partial charge in [-0.05, 0) is 19.1 Å². The highest BCUT2D eigenvalue weighted by Gasteiger charge is 2.09. The second-order valence-electron chi connectivity index (χ2n) is 6.04. The summed E-state index contributed by atoms with van der Waals surface area (Å²) in [5.74, 6) is 0.926. The summed E-state index contributed by atoms with van der Waals surface area (Å²) >= 11 is 0. The molecule has 0 radical (unpaired) electrons. The summed E-state index contributed by atoms with van der Waals surface area (Å²) in [6.45, 7) is 3.50. The fourth-order valence-electron chi connectivity index (χ4n) is 2.84. The van der Waals surface area contributed by atoms with Gasteiger partial charge in [0, 0.05) is 43.2 Å². The first-order chi connectivity index (χ1) is 12.8. The fourth-order valence-corrected chi connectivity index (χ4v) is 2.84. The van der Waals surface area contributed by atoms with Crippen molar-refractivity contribution in [3.05, 3.63) is 72.7 Å². The molecular weight excluding hydrogens is 324 g/mol. The molecule has 0 bridgehead atoms. The molecule has 4 aromatic rings. The monoisotopic (exact) mass is 344 g/mol. The molecule has 4 rings (SSSR count). The van der Waals surface area contributed by atoms with Crippen molar-refractivity contribution in [1.29, 1.82) is 0 Å². The van der Waals surface area contributed by atoms with Crippen LogP contribution in [0.3, 0.4) is 0 Å². The Kier molecular flexibility index (Phi) is 4.47. The Balaban J connectivity index is 1.55. The third kappa shape index (κ3) is 3.49. The van der Waals surface area contributed by atoms with Crippen LogP contribution in [-0.4, -0.2) is 32.7 Å². The van der Waals surface area contributed by atoms with E-state index in [0.29, 0.717) is 0 Å². The molecule has 0 aliphatic heterocycles. The van der Waals surface area contributed by atoms with E-state index in [1.54, 1.807) is 6.20 Å². The highest BCUT2D eigenvalue weighted by Crippen LogP contribution is 2.22. The summed E-state index contributed by atoms with van der Waals surface area (Å²) in [4.78, 5) is 8.84. The molecule has 0 spiro atoms. The van der Waals surface area contributed by atoms with Crippen molar-refractivity contribution in [1.82, 2.24) is 19.6 Å². The molecule has 3 aromatic heterocycles. The van der Waals surface area contributed by atoms with E-state index in [1.165, 1.54) is 0 Å². The average Bonchev–Trinajstić information content (AvgIpc) is 3.07. The Bertz CT molecular complexity index is 995. The lowest BCUT2D eigenvalue weighted by atomic mass is 10.1. The van der Waals surface area contributed by atoms with Crippen LogP contribution in [0.15, 0.2) is 67.0 Å². The molecule has 0 aliphatic rings. The Morgan fingerprint density at radius 2 is 1.81 bits per heavy atom. The Labute approximate surface area is 151 Å². The molecule has 0 aliphatic carbocycles. The van der Waals surface area contributed by atoms with Crippen LogP contribution >= 0.6 is 0 Å². The minimum absolute atomic E-state index is 0.751. The Hall–Kier alpha value is -3.41. The molecule has 1 aromatic carbocycles. The molecule has 130 valence electrons. The van der Waals surface area contributed by atoms with Crippen molar-refractivity contribution >= 4 is 17.2 Å². The van der Waals surface area contributed by atoms with Crippen molar-refractivity contribution in [3.8, 4) is 11.3 Å². The van der Waals surface area contributed by atoms with Gasteiger partial charge in [-0.3, -0.25) is 4.98 Å². The van der Waals surface area contributed by atoms with Crippen molar-refractivity contribution in [3.63, 3.8) is 0 Å². The molecule has 0 atom stereocenters. The van der Waals surface area contributed by atoms with Crippen LogP contribution in [0.2, 0.25) is 0 Å². The first kappa shape index (κ1) is 16.1. The minimum Gasteiger partial charge on any atom is -0.382 e. The first-order valence-corrected chi connectivity index (χ1v) is 8.60. The predicted octanol–water partition coefficient (Wildman–Crippen LogP) is 3.62. The number of nitrogens with one attached hydrogen (secondary N) is 2. The molecule has 0 amide bonds. The molecule has 26 heavy (non-hydrogen) atoms. The second-order valence-corrected chi connectivity index (χ2v) is 6.04. The maximum Gasteiger partial charge on any atom is 0.158 e. The zero-order chi connectivity index (χ0) is 17.8. The van der Waals surface area contributed by atoms with E-state index in [-0.39, 0.29) is 0 Å². The van der Waals surface area contributed by atoms with E-state index >= 15 is 0 Å². The van der Waals surface area contributed by atoms with Crippen molar-refractivity contribution in [2.45, 2.75) is 6.92 Å². The normalized spacial score (nSPS) is 10.8. The van der Waals surface area contributed by atoms with Crippen LogP contribution in [-0.2, 0) is 0 Å². The SMILES string of the molecule is Cc1cc2nc(-c3ccccc3)cc(NCCNc3cccnc3)n2n1. The van der Waals surface area contributed by atoms with Gasteiger partial charge in [0.1, 0.15) is 5.82 Å². The number of pyridine rings is 1. The van der Waals surface area contributed by atoms with Crippen LogP contribution in [0, 0.1) is 6.92 Å². The van der Waals surface area contributed by atoms with Gasteiger partial charge < -0.3 is 10.6 Å². The maximum atomic E-state index is 4.74. The van der Waals surface area contributed by atoms with E-state index in [9.17, 15) is 0 Å². The third-order valence-electron chi connectivity index (χ3n) is 4.04. The first-order valence-electron chi connectivity index (χ1n) is 8.60. The highest BCUT2D eigenvalue weighted by atomic mass is 15.3. The molecule has 6 heteroatoms. The summed E-state index contributed by atoms with van der Waals surface area (Å²) in [7, 11) is 0. The van der Waals surface area contributed by atoms with Crippen molar-refractivity contribution in [2.75, 3.05) is 23.7 Å². The average molecular weight is 344 g/mol. The van der Waals surface area contributed by atoms with Crippen molar-refractivity contribution in [2.24, 2.45) is 0 Å². The van der Waals surface area contributed by atoms with Gasteiger partial charge in [-0.2, -0.15) is 9.61 Å². The summed E-state index contributed by atoms with van der Waals surface area (Å²) < 4.78 is 1.85. The number of rotatable bonds is 6. The number of hydrogen-bond acceptors (Lipinski definition) is 5. The lowest BCUT2D eigenvalue weighted by molar-refractivity contribution is 0.907. The lowest BCUT2D eigenvalue weighted by Crippen LogP contribution is -2.16. The highest BCUT2D eigenvalue weighted by molar-refractivity contribution is 5.66. The zero-order valence-electron chi connectivity index (χ0n) is 14.6. The van der Waals surface area contributed by atoms with Crippen LogP contribution in [0.5, 0.6) is 0 Å². The quantitative estimate of drug-likeness (QED) is 0.523. The number of benzene rings is 1. The standard InChI is InChI=1S/C20H20N6/c1-15-12-20-24-18(16-6-3-2-4-7-16)13-19(26(20)25-15)23-11-10-22-17-8-5-9-21-14-17/h2-9,12-14,22-23H,10-11H2,1H3. The van der Waals surface area contributed by atoms with Crippen LogP contribution in [0.25, 0.3) is 16.9 Å². The second kappa shape index (κ2) is 7.23. The van der Waals surface area contributed by atoms with Gasteiger partial charge in [0.05, 0.1) is 17.1 Å². The Morgan fingerprint density at radius 3 is 2.62 bits per heavy atom. The van der Waals surface area contributed by atoms with Gasteiger partial charge >= 0.3 is 0 Å². The van der Waals surface area contributed by atoms with Crippen LogP contribution in [0.1, 0.15) is 5.69 Å². The number of nitrogens with zero attached hydrogens (tertiary/aromatic N) is 4. The molecular formula is C20H20N6. The van der Waals surface area contributed by atoms with Crippen LogP contribution in [0.4, 0.5) is 11.5 Å². The maximum absolute atomic E-state index is 4.74. The molecule has 0 unspecified atom stereocenters. The number of hydrogen-bond donors (Lipinski definition) is 2. The summed E-state index contributed by atoms with van der Waals surface area (Å²) in [6.07, 6.45) is 3.58. The molecule has 6 nitrogen and oxygen atoms in total. The van der Waals surface area contributed by atoms with Gasteiger partial charge in [-0.25, -0.2) is 4.98 Å². The summed E-state index contributed by atoms with van der Waals surface area (Å²) in [5.41, 5.74) is 4.81. The van der Waals surface area contributed by atoms with Gasteiger partial charge in [0.15, 0.2) is 5.65 Å². The van der Waals surface area contributed by atoms with E-state index < -0.39 is 0 Å². The smallest absolute Gasteiger partial charge is 0.158 e. The third-order valence-corrected chi connectivity index (χ3v) is 4.04. The van der Waals surface area contributed by atoms with E-state index in [4.69, 9.17) is 4.98 Å². The Morgan fingerprint density at radius 1 is 0.962 bits per heavy atom. The zero-order valence-corrected chi connectivity index (χ0v) is 14.6. The number of anilines is 2. The topological polar surface area (TPSA) is 67.1 Å². The van der Waals surface area contributed by atoms with Gasteiger partial charge in [-0.1, -0.05) is 30.3 Å². The largest absolute Gasteiger partial charge is 0.382 e. The predicted molar refractivity (Wildman–Crippen MR) is 104 cm³/mol. The molecule has 0 fully saturated rings. The van der Waals surface area contributed by atoms with E-state index in [0.717, 1.165) is 47.2 Å². The molecule has 0 saturated carbocycles. The van der Waals surface area contributed by atoms with E-state index in [2.05, 4.69) is 32.8 Å². The molecule has 0 saturated heterocycles. The summed E-state index contributed by atoms with van der Waals surface area (Å²) in [6, 6.07) is 18.1. The fraction of sp³-hybridized carbons (Fsp3) is 0.150. The summed E-state index contributed by atoms with van der Waals surface area (Å²) in [5, 5.41) is 11.3. The van der Waals surface area contributed by atoms with Crippen molar-refractivity contribution < 1.29 is 0 Å². The molecule has 3 heterocycles. The molecule has 2 N–H and O–H groups in total. The van der Waals surface area contributed by atoms with E-state index in [1.807, 2.05) is 60.1 Å². The van der Waals surface area contributed by atoms with Crippen LogP contribution < -0.4 is 10.6 Å². The van der Waals surface area contributed by atoms with Gasteiger partial charge in [0.25, 0.3) is 0 Å². The minimum atomic E-state index is 0.751. The number of fused-ring (bicyclic) bond motifs is 1. The number of aromatic nitrogens is 4. The van der Waals surface area contributed by atoms with Gasteiger partial charge in [-0.15, -0.1) is 0 Å². The lowest BCUT2D eigenvalue weighted by Gasteiger charge is -2.11. The number of aryl methyl sites for hydroxylation is 1.